The molecule has 1 aromatic rings. The summed E-state index contributed by atoms with van der Waals surface area (Å²) >= 11 is 0. The summed E-state index contributed by atoms with van der Waals surface area (Å²) in [6.07, 6.45) is 3.22. The van der Waals surface area contributed by atoms with Gasteiger partial charge >= 0.3 is 11.9 Å². The number of allylic oxidation sites excluding steroid dienone is 1. The van der Waals surface area contributed by atoms with Gasteiger partial charge in [0, 0.05) is 0 Å². The van der Waals surface area contributed by atoms with Crippen LogP contribution in [-0.4, -0.2) is 28.4 Å². The first-order valence-corrected chi connectivity index (χ1v) is 4.66. The topological polar surface area (TPSA) is 91.7 Å². The average molecular weight is 236 g/mol. The highest BCUT2D eigenvalue weighted by Crippen LogP contribution is 1.99. The molecule has 0 saturated carbocycles. The Bertz CT molecular complexity index is 383. The van der Waals surface area contributed by atoms with Gasteiger partial charge < -0.3 is 10.2 Å². The van der Waals surface area contributed by atoms with Crippen LogP contribution in [0.3, 0.4) is 0 Å². The Morgan fingerprint density at radius 1 is 1.06 bits per heavy atom. The van der Waals surface area contributed by atoms with Gasteiger partial charge in [-0.05, 0) is 11.6 Å². The number of aldehydes is 1. The van der Waals surface area contributed by atoms with Gasteiger partial charge in [-0.25, -0.2) is 0 Å². The van der Waals surface area contributed by atoms with Crippen molar-refractivity contribution in [3.8, 4) is 0 Å². The van der Waals surface area contributed by atoms with E-state index in [1.165, 1.54) is 6.08 Å². The van der Waals surface area contributed by atoms with Crippen molar-refractivity contribution in [2.45, 2.75) is 6.42 Å². The number of aliphatic carboxylic acids is 2. The zero-order valence-corrected chi connectivity index (χ0v) is 8.95. The fraction of sp³-hybridized carbons (Fsp3) is 0.0833. The summed E-state index contributed by atoms with van der Waals surface area (Å²) in [6, 6.07) is 9.70. The molecule has 0 aromatic heterocycles. The molecule has 0 bridgehead atoms. The van der Waals surface area contributed by atoms with Crippen LogP contribution in [0.4, 0.5) is 0 Å². The van der Waals surface area contributed by atoms with Gasteiger partial charge in [0.2, 0.25) is 0 Å². The first kappa shape index (κ1) is 14.6. The molecule has 0 radical (unpaired) electrons. The van der Waals surface area contributed by atoms with Crippen molar-refractivity contribution >= 4 is 24.3 Å². The van der Waals surface area contributed by atoms with E-state index in [-0.39, 0.29) is 0 Å². The molecule has 0 saturated heterocycles. The van der Waals surface area contributed by atoms with Gasteiger partial charge in [-0.2, -0.15) is 0 Å². The number of hydrogen-bond donors (Lipinski definition) is 2. The van der Waals surface area contributed by atoms with Gasteiger partial charge in [-0.1, -0.05) is 36.4 Å². The Labute approximate surface area is 98.0 Å². The second kappa shape index (κ2) is 8.84. The van der Waals surface area contributed by atoms with Crippen LogP contribution in [-0.2, 0) is 14.4 Å². The molecule has 1 aromatic carbocycles. The van der Waals surface area contributed by atoms with Gasteiger partial charge in [0.1, 0.15) is 12.7 Å². The van der Waals surface area contributed by atoms with E-state index in [9.17, 15) is 14.4 Å². The number of carboxylic acid groups (broad SMARTS) is 2. The molecule has 0 unspecified atom stereocenters. The summed E-state index contributed by atoms with van der Waals surface area (Å²) in [5, 5.41) is 15.4. The second-order valence-corrected chi connectivity index (χ2v) is 2.87. The second-order valence-electron chi connectivity index (χ2n) is 2.87. The van der Waals surface area contributed by atoms with Crippen LogP contribution in [0.5, 0.6) is 0 Å². The minimum absolute atomic E-state index is 0.771. The van der Waals surface area contributed by atoms with Crippen molar-refractivity contribution in [2.24, 2.45) is 0 Å². The maximum atomic E-state index is 9.89. The lowest BCUT2D eigenvalue weighted by atomic mass is 10.2. The summed E-state index contributed by atoms with van der Waals surface area (Å²) in [6.45, 7) is 0. The quantitative estimate of drug-likeness (QED) is 0.469. The minimum Gasteiger partial charge on any atom is -0.481 e. The summed E-state index contributed by atoms with van der Waals surface area (Å²) in [5.74, 6) is -2.62. The summed E-state index contributed by atoms with van der Waals surface area (Å²) in [5.41, 5.74) is 1.05. The van der Waals surface area contributed by atoms with Gasteiger partial charge in [0.25, 0.3) is 0 Å². The maximum Gasteiger partial charge on any atom is 0.314 e. The predicted octanol–water partition coefficient (Wildman–Crippen LogP) is 1.44. The molecule has 90 valence electrons. The van der Waals surface area contributed by atoms with Gasteiger partial charge in [-0.15, -0.1) is 0 Å². The van der Waals surface area contributed by atoms with Crippen LogP contribution in [0, 0.1) is 0 Å². The highest BCUT2D eigenvalue weighted by molar-refractivity contribution is 5.88. The van der Waals surface area contributed by atoms with Crippen molar-refractivity contribution < 1.29 is 24.6 Å². The van der Waals surface area contributed by atoms with Gasteiger partial charge in [-0.3, -0.25) is 14.4 Å². The third-order valence-corrected chi connectivity index (χ3v) is 1.47. The first-order valence-electron chi connectivity index (χ1n) is 4.66. The molecule has 5 nitrogen and oxygen atoms in total. The molecule has 5 heteroatoms. The van der Waals surface area contributed by atoms with Crippen molar-refractivity contribution in [3.05, 3.63) is 42.0 Å². The molecule has 2 N–H and O–H groups in total. The van der Waals surface area contributed by atoms with Crippen LogP contribution in [0.25, 0.3) is 6.08 Å². The fourth-order valence-electron chi connectivity index (χ4n) is 0.844. The zero-order valence-electron chi connectivity index (χ0n) is 8.95. The molecule has 0 fully saturated rings. The average Bonchev–Trinajstić information content (AvgIpc) is 2.27. The molecule has 0 aliphatic carbocycles. The van der Waals surface area contributed by atoms with E-state index in [0.717, 1.165) is 11.8 Å². The van der Waals surface area contributed by atoms with Crippen LogP contribution >= 0.6 is 0 Å². The van der Waals surface area contributed by atoms with Crippen LogP contribution in [0.15, 0.2) is 36.4 Å². The molecule has 0 aliphatic heterocycles. The van der Waals surface area contributed by atoms with Crippen molar-refractivity contribution in [2.75, 3.05) is 0 Å². The number of carbonyl (C=O) groups is 3. The molecule has 0 amide bonds. The smallest absolute Gasteiger partial charge is 0.314 e. The first-order chi connectivity index (χ1) is 8.06. The summed E-state index contributed by atoms with van der Waals surface area (Å²) < 4.78 is 0. The SMILES string of the molecule is O=C(O)CC(=O)O.O=C/C=C\c1ccccc1. The van der Waals surface area contributed by atoms with Crippen LogP contribution < -0.4 is 0 Å². The Balaban J connectivity index is 0.000000325. The number of carboxylic acids is 2. The largest absolute Gasteiger partial charge is 0.481 e. The molecule has 0 atom stereocenters. The summed E-state index contributed by atoms with van der Waals surface area (Å²) in [4.78, 5) is 28.7. The Kier molecular flexibility index (Phi) is 7.58. The van der Waals surface area contributed by atoms with Crippen molar-refractivity contribution in [1.29, 1.82) is 0 Å². The van der Waals surface area contributed by atoms with E-state index in [1.54, 1.807) is 6.08 Å². The highest BCUT2D eigenvalue weighted by atomic mass is 16.4. The predicted molar refractivity (Wildman–Crippen MR) is 61.4 cm³/mol. The molecule has 0 heterocycles. The number of carbonyl (C=O) groups excluding carboxylic acids is 1. The molecule has 1 rings (SSSR count). The van der Waals surface area contributed by atoms with Crippen LogP contribution in [0.2, 0.25) is 0 Å². The Hall–Kier alpha value is -2.43. The van der Waals surface area contributed by atoms with E-state index in [0.29, 0.717) is 0 Å². The number of rotatable bonds is 4. The molecule has 0 aliphatic rings. The monoisotopic (exact) mass is 236 g/mol. The Morgan fingerprint density at radius 3 is 1.94 bits per heavy atom. The van der Waals surface area contributed by atoms with Crippen molar-refractivity contribution in [3.63, 3.8) is 0 Å². The third kappa shape index (κ3) is 9.86. The van der Waals surface area contributed by atoms with Crippen LogP contribution in [0.1, 0.15) is 12.0 Å². The molecule has 17 heavy (non-hydrogen) atoms. The lowest BCUT2D eigenvalue weighted by Gasteiger charge is -1.86. The minimum atomic E-state index is -1.31. The van der Waals surface area contributed by atoms with Gasteiger partial charge in [0.05, 0.1) is 0 Å². The lowest BCUT2D eigenvalue weighted by Crippen LogP contribution is -2.03. The van der Waals surface area contributed by atoms with Crippen molar-refractivity contribution in [1.82, 2.24) is 0 Å². The molecule has 0 spiro atoms. The van der Waals surface area contributed by atoms with Gasteiger partial charge in [0.15, 0.2) is 0 Å². The zero-order chi connectivity index (χ0) is 13.1. The lowest BCUT2D eigenvalue weighted by molar-refractivity contribution is -0.147. The van der Waals surface area contributed by atoms with E-state index in [1.807, 2.05) is 30.3 Å². The summed E-state index contributed by atoms with van der Waals surface area (Å²) in [7, 11) is 0. The number of benzene rings is 1. The normalized spacial score (nSPS) is 9.18. The third-order valence-electron chi connectivity index (χ3n) is 1.47. The number of hydrogen-bond acceptors (Lipinski definition) is 3. The van der Waals surface area contributed by atoms with E-state index < -0.39 is 18.4 Å². The van der Waals surface area contributed by atoms with E-state index >= 15 is 0 Å². The standard InChI is InChI=1S/C9H8O.C3H4O4/c10-8-4-7-9-5-2-1-3-6-9;4-2(5)1-3(6)7/h1-8H;1H2,(H,4,5)(H,6,7)/b7-4-;. The molecular weight excluding hydrogens is 224 g/mol. The Morgan fingerprint density at radius 2 is 1.59 bits per heavy atom. The fourth-order valence-corrected chi connectivity index (χ4v) is 0.844. The van der Waals surface area contributed by atoms with E-state index in [2.05, 4.69) is 0 Å². The maximum absolute atomic E-state index is 9.89. The van der Waals surface area contributed by atoms with E-state index in [4.69, 9.17) is 10.2 Å². The highest BCUT2D eigenvalue weighted by Gasteiger charge is 2.01. The molecular formula is C12H12O5.